The molecule has 18 heavy (non-hydrogen) atoms. The van der Waals surface area contributed by atoms with Crippen molar-refractivity contribution in [2.45, 2.75) is 13.3 Å². The molecule has 0 radical (unpaired) electrons. The van der Waals surface area contributed by atoms with E-state index >= 15 is 0 Å². The topological polar surface area (TPSA) is 62.5 Å². The van der Waals surface area contributed by atoms with Crippen LogP contribution in [0.1, 0.15) is 13.3 Å². The van der Waals surface area contributed by atoms with Crippen LogP contribution in [0.4, 0.5) is 11.5 Å². The van der Waals surface area contributed by atoms with E-state index in [-0.39, 0.29) is 5.91 Å². The number of pyridine rings is 1. The zero-order valence-electron chi connectivity index (χ0n) is 10.4. The van der Waals surface area contributed by atoms with Gasteiger partial charge < -0.3 is 15.5 Å². The Labute approximate surface area is 115 Å². The van der Waals surface area contributed by atoms with Gasteiger partial charge >= 0.3 is 0 Å². The Kier molecular flexibility index (Phi) is 4.06. The summed E-state index contributed by atoms with van der Waals surface area (Å²) in [5.74, 6) is 0.942. The molecule has 0 spiro atoms. The first-order valence-electron chi connectivity index (χ1n) is 5.99. The summed E-state index contributed by atoms with van der Waals surface area (Å²) in [6.45, 7) is 4.80. The van der Waals surface area contributed by atoms with E-state index in [4.69, 9.17) is 5.73 Å². The van der Waals surface area contributed by atoms with Crippen molar-refractivity contribution in [2.24, 2.45) is 0 Å². The van der Waals surface area contributed by atoms with Crippen molar-refractivity contribution in [2.75, 3.05) is 36.8 Å². The zero-order valence-corrected chi connectivity index (χ0v) is 12.0. The first kappa shape index (κ1) is 13.1. The molecule has 5 nitrogen and oxygen atoms in total. The average Bonchev–Trinajstić information content (AvgIpc) is 2.54. The number of hydrogen-bond acceptors (Lipinski definition) is 4. The largest absolute Gasteiger partial charge is 0.396 e. The molecule has 2 heterocycles. The van der Waals surface area contributed by atoms with Crippen molar-refractivity contribution in [1.29, 1.82) is 0 Å². The molecule has 1 aliphatic rings. The van der Waals surface area contributed by atoms with E-state index in [1.165, 1.54) is 0 Å². The van der Waals surface area contributed by atoms with Crippen LogP contribution in [0.3, 0.4) is 0 Å². The molecule has 98 valence electrons. The van der Waals surface area contributed by atoms with E-state index in [1.54, 1.807) is 13.1 Å². The minimum atomic E-state index is 0.133. The number of nitrogens with two attached hydrogens (primary N) is 1. The molecule has 0 aliphatic carbocycles. The van der Waals surface area contributed by atoms with Crippen molar-refractivity contribution in [3.8, 4) is 0 Å². The molecule has 1 amide bonds. The number of carbonyl (C=O) groups is 1. The predicted octanol–water partition coefficient (Wildman–Crippen LogP) is 1.48. The molecule has 0 saturated carbocycles. The number of carbonyl (C=O) groups excluding carboxylic acids is 1. The summed E-state index contributed by atoms with van der Waals surface area (Å²) >= 11 is 3.35. The van der Waals surface area contributed by atoms with Crippen LogP contribution in [0.15, 0.2) is 16.7 Å². The smallest absolute Gasteiger partial charge is 0.219 e. The van der Waals surface area contributed by atoms with Gasteiger partial charge in [-0.3, -0.25) is 4.79 Å². The minimum absolute atomic E-state index is 0.133. The lowest BCUT2D eigenvalue weighted by atomic mass is 10.3. The molecule has 0 atom stereocenters. The summed E-state index contributed by atoms with van der Waals surface area (Å²) in [7, 11) is 0. The maximum absolute atomic E-state index is 11.4. The highest BCUT2D eigenvalue weighted by Crippen LogP contribution is 2.24. The van der Waals surface area contributed by atoms with E-state index in [9.17, 15) is 4.79 Å². The molecule has 6 heteroatoms. The van der Waals surface area contributed by atoms with E-state index in [2.05, 4.69) is 25.8 Å². The van der Waals surface area contributed by atoms with Gasteiger partial charge in [-0.25, -0.2) is 4.98 Å². The maximum Gasteiger partial charge on any atom is 0.219 e. The second-order valence-electron chi connectivity index (χ2n) is 4.41. The SMILES string of the molecule is CC(=O)N1CCCN(c2ncc(Br)cc2N)CC1. The molecule has 0 unspecified atom stereocenters. The second-order valence-corrected chi connectivity index (χ2v) is 5.33. The van der Waals surface area contributed by atoms with E-state index in [0.29, 0.717) is 5.69 Å². The quantitative estimate of drug-likeness (QED) is 0.853. The van der Waals surface area contributed by atoms with Crippen LogP contribution in [0.5, 0.6) is 0 Å². The third-order valence-corrected chi connectivity index (χ3v) is 3.54. The molecule has 2 N–H and O–H groups in total. The van der Waals surface area contributed by atoms with Gasteiger partial charge in [0.25, 0.3) is 0 Å². The van der Waals surface area contributed by atoms with Crippen LogP contribution >= 0.6 is 15.9 Å². The highest BCUT2D eigenvalue weighted by Gasteiger charge is 2.18. The van der Waals surface area contributed by atoms with Crippen LogP contribution < -0.4 is 10.6 Å². The standard InChI is InChI=1S/C12H17BrN4O/c1-9(18)16-3-2-4-17(6-5-16)12-11(14)7-10(13)8-15-12/h7-8H,2-6,14H2,1H3. The Balaban J connectivity index is 2.12. The highest BCUT2D eigenvalue weighted by molar-refractivity contribution is 9.10. The number of nitrogens with zero attached hydrogens (tertiary/aromatic N) is 3. The molecular formula is C12H17BrN4O. The molecule has 1 aromatic heterocycles. The second kappa shape index (κ2) is 5.56. The normalized spacial score (nSPS) is 16.6. The Hall–Kier alpha value is -1.30. The molecule has 1 fully saturated rings. The lowest BCUT2D eigenvalue weighted by Gasteiger charge is -2.23. The molecule has 1 aliphatic heterocycles. The van der Waals surface area contributed by atoms with E-state index in [1.807, 2.05) is 11.0 Å². The molecule has 1 aromatic rings. The number of amides is 1. The lowest BCUT2D eigenvalue weighted by Crippen LogP contribution is -2.34. The van der Waals surface area contributed by atoms with Gasteiger partial charge in [0.05, 0.1) is 5.69 Å². The minimum Gasteiger partial charge on any atom is -0.396 e. The molecule has 0 aromatic carbocycles. The monoisotopic (exact) mass is 312 g/mol. The fourth-order valence-electron chi connectivity index (χ4n) is 2.16. The van der Waals surface area contributed by atoms with Crippen molar-refractivity contribution < 1.29 is 4.79 Å². The summed E-state index contributed by atoms with van der Waals surface area (Å²) in [5, 5.41) is 0. The number of aromatic nitrogens is 1. The molecular weight excluding hydrogens is 296 g/mol. The van der Waals surface area contributed by atoms with Crippen LogP contribution in [0.25, 0.3) is 0 Å². The van der Waals surface area contributed by atoms with Crippen molar-refractivity contribution >= 4 is 33.3 Å². The summed E-state index contributed by atoms with van der Waals surface area (Å²) in [6.07, 6.45) is 2.69. The van der Waals surface area contributed by atoms with Gasteiger partial charge in [-0.05, 0) is 28.4 Å². The first-order valence-corrected chi connectivity index (χ1v) is 6.78. The Bertz CT molecular complexity index is 452. The average molecular weight is 313 g/mol. The molecule has 0 bridgehead atoms. The number of halogens is 1. The first-order chi connectivity index (χ1) is 8.58. The van der Waals surface area contributed by atoms with E-state index in [0.717, 1.165) is 42.9 Å². The zero-order chi connectivity index (χ0) is 13.1. The van der Waals surface area contributed by atoms with Gasteiger partial charge in [0.1, 0.15) is 0 Å². The fourth-order valence-corrected chi connectivity index (χ4v) is 2.51. The van der Waals surface area contributed by atoms with Crippen molar-refractivity contribution in [3.05, 3.63) is 16.7 Å². The maximum atomic E-state index is 11.4. The number of hydrogen-bond donors (Lipinski definition) is 1. The van der Waals surface area contributed by atoms with Crippen LogP contribution in [0, 0.1) is 0 Å². The Morgan fingerprint density at radius 3 is 2.83 bits per heavy atom. The van der Waals surface area contributed by atoms with Gasteiger partial charge in [0.15, 0.2) is 5.82 Å². The Morgan fingerprint density at radius 2 is 2.17 bits per heavy atom. The lowest BCUT2D eigenvalue weighted by molar-refractivity contribution is -0.128. The van der Waals surface area contributed by atoms with Crippen LogP contribution in [-0.4, -0.2) is 42.0 Å². The third kappa shape index (κ3) is 2.93. The van der Waals surface area contributed by atoms with Crippen LogP contribution in [-0.2, 0) is 4.79 Å². The van der Waals surface area contributed by atoms with Gasteiger partial charge in [-0.1, -0.05) is 0 Å². The predicted molar refractivity (Wildman–Crippen MR) is 75.4 cm³/mol. The third-order valence-electron chi connectivity index (χ3n) is 3.10. The molecule has 2 rings (SSSR count). The highest BCUT2D eigenvalue weighted by atomic mass is 79.9. The van der Waals surface area contributed by atoms with Crippen molar-refractivity contribution in [3.63, 3.8) is 0 Å². The summed E-state index contributed by atoms with van der Waals surface area (Å²) in [6, 6.07) is 1.86. The Morgan fingerprint density at radius 1 is 1.39 bits per heavy atom. The van der Waals surface area contributed by atoms with Gasteiger partial charge in [0, 0.05) is 43.8 Å². The summed E-state index contributed by atoms with van der Waals surface area (Å²) < 4.78 is 0.879. The summed E-state index contributed by atoms with van der Waals surface area (Å²) in [4.78, 5) is 19.7. The van der Waals surface area contributed by atoms with Gasteiger partial charge in [-0.2, -0.15) is 0 Å². The number of anilines is 2. The van der Waals surface area contributed by atoms with Crippen LogP contribution in [0.2, 0.25) is 0 Å². The number of nitrogen functional groups attached to an aromatic ring is 1. The van der Waals surface area contributed by atoms with E-state index < -0.39 is 0 Å². The summed E-state index contributed by atoms with van der Waals surface area (Å²) in [5.41, 5.74) is 6.65. The van der Waals surface area contributed by atoms with Crippen molar-refractivity contribution in [1.82, 2.24) is 9.88 Å². The van der Waals surface area contributed by atoms with Gasteiger partial charge in [0.2, 0.25) is 5.91 Å². The fraction of sp³-hybridized carbons (Fsp3) is 0.500. The number of rotatable bonds is 1. The van der Waals surface area contributed by atoms with Gasteiger partial charge in [-0.15, -0.1) is 0 Å². The molecule has 1 saturated heterocycles.